The molecular weight excluding hydrogens is 366 g/mol. The summed E-state index contributed by atoms with van der Waals surface area (Å²) in [6, 6.07) is 8.10. The first-order chi connectivity index (χ1) is 11.5. The number of hydrogen-bond acceptors (Lipinski definition) is 2. The van der Waals surface area contributed by atoms with Crippen molar-refractivity contribution in [3.8, 4) is 5.75 Å². The van der Waals surface area contributed by atoms with Gasteiger partial charge in [0.25, 0.3) is 0 Å². The van der Waals surface area contributed by atoms with E-state index in [9.17, 15) is 4.79 Å². The van der Waals surface area contributed by atoms with Gasteiger partial charge < -0.3 is 10.1 Å². The van der Waals surface area contributed by atoms with Crippen LogP contribution in [-0.4, -0.2) is 23.9 Å². The lowest BCUT2D eigenvalue weighted by Crippen LogP contribution is -2.58. The van der Waals surface area contributed by atoms with Crippen LogP contribution in [0.4, 0.5) is 0 Å². The van der Waals surface area contributed by atoms with E-state index in [2.05, 4.69) is 33.4 Å². The normalized spacial score (nSPS) is 36.6. The average molecular weight is 392 g/mol. The van der Waals surface area contributed by atoms with Crippen LogP contribution in [0.15, 0.2) is 24.3 Å². The van der Waals surface area contributed by atoms with Crippen molar-refractivity contribution in [2.24, 2.45) is 17.3 Å². The van der Waals surface area contributed by atoms with Crippen LogP contribution in [0.25, 0.3) is 0 Å². The monoisotopic (exact) mass is 391 g/mol. The first kappa shape index (κ1) is 16.4. The summed E-state index contributed by atoms with van der Waals surface area (Å²) in [5, 5.41) is 3.24. The number of halogens is 1. The third-order valence-electron chi connectivity index (χ3n) is 6.33. The van der Waals surface area contributed by atoms with Crippen LogP contribution >= 0.6 is 15.9 Å². The number of ether oxygens (including phenoxy) is 1. The van der Waals surface area contributed by atoms with Gasteiger partial charge in [0.1, 0.15) is 5.75 Å². The Hall–Kier alpha value is -1.03. The summed E-state index contributed by atoms with van der Waals surface area (Å²) in [7, 11) is 1.68. The molecule has 1 N–H and O–H groups in total. The molecule has 3 nitrogen and oxygen atoms in total. The van der Waals surface area contributed by atoms with Crippen LogP contribution in [0.5, 0.6) is 5.75 Å². The minimum atomic E-state index is -0.104. The average Bonchev–Trinajstić information content (AvgIpc) is 2.53. The van der Waals surface area contributed by atoms with Crippen molar-refractivity contribution in [2.45, 2.75) is 49.3 Å². The molecule has 4 heteroatoms. The number of carbonyl (C=O) groups excluding carboxylic acids is 1. The quantitative estimate of drug-likeness (QED) is 0.767. The second-order valence-electron chi connectivity index (χ2n) is 8.25. The lowest BCUT2D eigenvalue weighted by molar-refractivity contribution is -0.143. The molecule has 0 spiro atoms. The zero-order valence-electron chi connectivity index (χ0n) is 14.3. The van der Waals surface area contributed by atoms with E-state index in [0.29, 0.717) is 5.91 Å². The van der Waals surface area contributed by atoms with Crippen LogP contribution in [0, 0.1) is 17.3 Å². The van der Waals surface area contributed by atoms with Gasteiger partial charge in [0, 0.05) is 10.9 Å². The Labute approximate surface area is 152 Å². The maximum Gasteiger partial charge on any atom is 0.226 e. The first-order valence-corrected chi connectivity index (χ1v) is 9.90. The van der Waals surface area contributed by atoms with Crippen LogP contribution < -0.4 is 10.1 Å². The van der Waals surface area contributed by atoms with E-state index in [0.717, 1.165) is 49.8 Å². The molecule has 4 aliphatic carbocycles. The van der Waals surface area contributed by atoms with Gasteiger partial charge in [-0.1, -0.05) is 28.1 Å². The van der Waals surface area contributed by atoms with Crippen molar-refractivity contribution < 1.29 is 9.53 Å². The molecule has 2 atom stereocenters. The van der Waals surface area contributed by atoms with Gasteiger partial charge in [-0.2, -0.15) is 0 Å². The smallest absolute Gasteiger partial charge is 0.226 e. The first-order valence-electron chi connectivity index (χ1n) is 9.10. The Kier molecular flexibility index (Phi) is 4.14. The minimum Gasteiger partial charge on any atom is -0.497 e. The largest absolute Gasteiger partial charge is 0.497 e. The number of nitrogens with one attached hydrogen (secondary N) is 1. The lowest BCUT2D eigenvalue weighted by Gasteiger charge is -2.59. The molecule has 1 aromatic rings. The highest BCUT2D eigenvalue weighted by Crippen LogP contribution is 2.64. The minimum absolute atomic E-state index is 0.104. The van der Waals surface area contributed by atoms with Crippen molar-refractivity contribution in [3.63, 3.8) is 0 Å². The van der Waals surface area contributed by atoms with E-state index >= 15 is 0 Å². The number of hydrogen-bond donors (Lipinski definition) is 1. The molecule has 4 fully saturated rings. The molecule has 24 heavy (non-hydrogen) atoms. The predicted molar refractivity (Wildman–Crippen MR) is 98.5 cm³/mol. The Bertz CT molecular complexity index is 613. The number of benzene rings is 1. The Balaban J connectivity index is 1.36. The maximum absolute atomic E-state index is 13.0. The second kappa shape index (κ2) is 6.05. The van der Waals surface area contributed by atoms with Gasteiger partial charge in [-0.25, -0.2) is 0 Å². The van der Waals surface area contributed by atoms with Crippen LogP contribution in [0.1, 0.15) is 44.1 Å². The standard InChI is InChI=1S/C20H26BrNO2/c1-24-17-4-2-14(3-5-17)6-7-22-18(23)19-9-15-8-16(10-19)12-20(21,11-15)13-19/h2-5,15-16H,6-13H2,1H3,(H,22,23). The molecule has 1 amide bonds. The van der Waals surface area contributed by atoms with Gasteiger partial charge in [0.15, 0.2) is 0 Å². The number of methoxy groups -OCH3 is 1. The molecule has 1 aromatic carbocycles. The summed E-state index contributed by atoms with van der Waals surface area (Å²) in [4.78, 5) is 13.0. The molecular formula is C20H26BrNO2. The molecule has 0 heterocycles. The van der Waals surface area contributed by atoms with Crippen LogP contribution in [-0.2, 0) is 11.2 Å². The molecule has 4 bridgehead atoms. The number of amides is 1. The molecule has 130 valence electrons. The van der Waals surface area contributed by atoms with Crippen molar-refractivity contribution in [1.29, 1.82) is 0 Å². The molecule has 4 saturated carbocycles. The van der Waals surface area contributed by atoms with E-state index < -0.39 is 0 Å². The summed E-state index contributed by atoms with van der Waals surface area (Å²) in [5.74, 6) is 2.67. The fourth-order valence-corrected chi connectivity index (χ4v) is 7.17. The Morgan fingerprint density at radius 3 is 2.46 bits per heavy atom. The van der Waals surface area contributed by atoms with E-state index in [1.807, 2.05) is 12.1 Å². The summed E-state index contributed by atoms with van der Waals surface area (Å²) < 4.78 is 5.43. The van der Waals surface area contributed by atoms with Crippen molar-refractivity contribution >= 4 is 21.8 Å². The highest BCUT2D eigenvalue weighted by atomic mass is 79.9. The van der Waals surface area contributed by atoms with Gasteiger partial charge in [0.05, 0.1) is 12.5 Å². The van der Waals surface area contributed by atoms with E-state index in [1.54, 1.807) is 7.11 Å². The fourth-order valence-electron chi connectivity index (χ4n) is 5.72. The lowest BCUT2D eigenvalue weighted by atomic mass is 9.49. The third-order valence-corrected chi connectivity index (χ3v) is 7.26. The van der Waals surface area contributed by atoms with Gasteiger partial charge in [-0.05, 0) is 74.5 Å². The van der Waals surface area contributed by atoms with Crippen molar-refractivity contribution in [3.05, 3.63) is 29.8 Å². The van der Waals surface area contributed by atoms with Gasteiger partial charge in [-0.15, -0.1) is 0 Å². The second-order valence-corrected chi connectivity index (χ2v) is 9.93. The molecule has 5 rings (SSSR count). The maximum atomic E-state index is 13.0. The number of rotatable bonds is 5. The highest BCUT2D eigenvalue weighted by Gasteiger charge is 2.59. The Morgan fingerprint density at radius 1 is 1.21 bits per heavy atom. The van der Waals surface area contributed by atoms with Crippen LogP contribution in [0.2, 0.25) is 0 Å². The van der Waals surface area contributed by atoms with E-state index in [4.69, 9.17) is 4.74 Å². The molecule has 0 saturated heterocycles. The van der Waals surface area contributed by atoms with Gasteiger partial charge in [0.2, 0.25) is 5.91 Å². The van der Waals surface area contributed by atoms with Crippen molar-refractivity contribution in [2.75, 3.05) is 13.7 Å². The third kappa shape index (κ3) is 2.98. The molecule has 0 radical (unpaired) electrons. The zero-order chi connectivity index (χ0) is 16.8. The van der Waals surface area contributed by atoms with Gasteiger partial charge in [-0.3, -0.25) is 4.79 Å². The predicted octanol–water partition coefficient (Wildman–Crippen LogP) is 4.09. The number of carbonyl (C=O) groups is 1. The van der Waals surface area contributed by atoms with Crippen LogP contribution in [0.3, 0.4) is 0 Å². The summed E-state index contributed by atoms with van der Waals surface area (Å²) in [5.41, 5.74) is 1.13. The zero-order valence-corrected chi connectivity index (χ0v) is 15.9. The summed E-state index contributed by atoms with van der Waals surface area (Å²) >= 11 is 3.99. The highest BCUT2D eigenvalue weighted by molar-refractivity contribution is 9.10. The molecule has 2 unspecified atom stereocenters. The fraction of sp³-hybridized carbons (Fsp3) is 0.650. The van der Waals surface area contributed by atoms with E-state index in [1.165, 1.54) is 24.8 Å². The van der Waals surface area contributed by atoms with Crippen molar-refractivity contribution in [1.82, 2.24) is 5.32 Å². The SMILES string of the molecule is COc1ccc(CCNC(=O)C23CC4CC(CC(Br)(C4)C2)C3)cc1. The molecule has 0 aliphatic heterocycles. The summed E-state index contributed by atoms with van der Waals surface area (Å²) in [6.07, 6.45) is 7.99. The summed E-state index contributed by atoms with van der Waals surface area (Å²) in [6.45, 7) is 0.720. The Morgan fingerprint density at radius 2 is 1.88 bits per heavy atom. The van der Waals surface area contributed by atoms with Gasteiger partial charge >= 0.3 is 0 Å². The van der Waals surface area contributed by atoms with E-state index in [-0.39, 0.29) is 9.74 Å². The molecule has 4 aliphatic rings. The number of alkyl halides is 1. The topological polar surface area (TPSA) is 38.3 Å². The molecule has 0 aromatic heterocycles.